The molecule has 27 heavy (non-hydrogen) atoms. The van der Waals surface area contributed by atoms with Crippen LogP contribution in [0.5, 0.6) is 0 Å². The molecule has 0 aromatic heterocycles. The number of sulfonamides is 1. The Morgan fingerprint density at radius 1 is 0.963 bits per heavy atom. The molecule has 1 aliphatic rings. The van der Waals surface area contributed by atoms with Crippen LogP contribution in [-0.2, 0) is 10.0 Å². The largest absolute Gasteiger partial charge is 0.369 e. The Bertz CT molecular complexity index is 984. The van der Waals surface area contributed by atoms with E-state index in [2.05, 4.69) is 20.8 Å². The number of piperazine rings is 1. The molecule has 3 rings (SSSR count). The Morgan fingerprint density at radius 2 is 1.59 bits per heavy atom. The average Bonchev–Trinajstić information content (AvgIpc) is 2.62. The highest BCUT2D eigenvalue weighted by atomic mass is 79.9. The van der Waals surface area contributed by atoms with E-state index in [9.17, 15) is 8.42 Å². The summed E-state index contributed by atoms with van der Waals surface area (Å²) >= 11 is 9.77. The van der Waals surface area contributed by atoms with Gasteiger partial charge in [0.05, 0.1) is 4.90 Å². The molecule has 0 spiro atoms. The lowest BCUT2D eigenvalue weighted by molar-refractivity contribution is 0.384. The van der Waals surface area contributed by atoms with Crippen molar-refractivity contribution in [3.63, 3.8) is 0 Å². The predicted octanol–water partition coefficient (Wildman–Crippen LogP) is 4.85. The fourth-order valence-electron chi connectivity index (χ4n) is 3.78. The summed E-state index contributed by atoms with van der Waals surface area (Å²) in [5.74, 6) is 0. The second-order valence-electron chi connectivity index (χ2n) is 7.05. The first-order valence-corrected chi connectivity index (χ1v) is 11.5. The fraction of sp³-hybridized carbons (Fsp3) is 0.400. The Morgan fingerprint density at radius 3 is 2.22 bits per heavy atom. The summed E-state index contributed by atoms with van der Waals surface area (Å²) in [7, 11) is -3.54. The summed E-state index contributed by atoms with van der Waals surface area (Å²) in [5, 5.41) is 0.735. The summed E-state index contributed by atoms with van der Waals surface area (Å²) in [5.41, 5.74) is 4.72. The minimum Gasteiger partial charge on any atom is -0.369 e. The third kappa shape index (κ3) is 3.77. The van der Waals surface area contributed by atoms with Gasteiger partial charge < -0.3 is 4.90 Å². The Kier molecular flexibility index (Phi) is 5.92. The normalized spacial score (nSPS) is 16.0. The number of hydrogen-bond donors (Lipinski definition) is 0. The summed E-state index contributed by atoms with van der Waals surface area (Å²) in [4.78, 5) is 2.63. The van der Waals surface area contributed by atoms with Crippen molar-refractivity contribution < 1.29 is 8.42 Å². The summed E-state index contributed by atoms with van der Waals surface area (Å²) in [6.45, 7) is 9.91. The van der Waals surface area contributed by atoms with E-state index in [1.54, 1.807) is 4.31 Å². The first-order chi connectivity index (χ1) is 12.6. The van der Waals surface area contributed by atoms with Gasteiger partial charge in [-0.25, -0.2) is 8.42 Å². The van der Waals surface area contributed by atoms with Gasteiger partial charge >= 0.3 is 0 Å². The van der Waals surface area contributed by atoms with Gasteiger partial charge in [-0.05, 0) is 62.1 Å². The molecule has 0 aliphatic carbocycles. The predicted molar refractivity (Wildman–Crippen MR) is 116 cm³/mol. The van der Waals surface area contributed by atoms with Crippen LogP contribution in [0.3, 0.4) is 0 Å². The van der Waals surface area contributed by atoms with Crippen LogP contribution < -0.4 is 4.90 Å². The van der Waals surface area contributed by atoms with Crippen molar-refractivity contribution in [2.75, 3.05) is 31.1 Å². The molecule has 1 fully saturated rings. The van der Waals surface area contributed by atoms with E-state index in [-0.39, 0.29) is 0 Å². The van der Waals surface area contributed by atoms with Gasteiger partial charge in [-0.3, -0.25) is 0 Å². The zero-order chi connectivity index (χ0) is 19.9. The zero-order valence-corrected chi connectivity index (χ0v) is 19.2. The molecule has 0 amide bonds. The molecule has 146 valence electrons. The van der Waals surface area contributed by atoms with Crippen molar-refractivity contribution in [2.24, 2.45) is 0 Å². The standard InChI is InChI=1S/C20H24BrClN2O2S/c1-13-12-14(2)20(16(4)19(13)21)27(25,26)24-10-8-23(9-11-24)18-7-5-6-17(22)15(18)3/h5-7,12H,8-11H2,1-4H3. The van der Waals surface area contributed by atoms with Gasteiger partial charge in [-0.2, -0.15) is 4.31 Å². The van der Waals surface area contributed by atoms with Crippen LogP contribution in [0.1, 0.15) is 22.3 Å². The number of benzene rings is 2. The van der Waals surface area contributed by atoms with Crippen molar-refractivity contribution in [1.82, 2.24) is 4.31 Å². The van der Waals surface area contributed by atoms with E-state index in [4.69, 9.17) is 11.6 Å². The Labute approximate surface area is 175 Å². The number of halogens is 2. The van der Waals surface area contributed by atoms with Gasteiger partial charge in [-0.15, -0.1) is 0 Å². The second-order valence-corrected chi connectivity index (χ2v) is 10.1. The van der Waals surface area contributed by atoms with Crippen LogP contribution >= 0.6 is 27.5 Å². The minimum absolute atomic E-state index is 0.423. The summed E-state index contributed by atoms with van der Waals surface area (Å²) in [6, 6.07) is 7.78. The zero-order valence-electron chi connectivity index (χ0n) is 16.0. The highest BCUT2D eigenvalue weighted by Crippen LogP contribution is 2.33. The van der Waals surface area contributed by atoms with Crippen molar-refractivity contribution in [3.8, 4) is 0 Å². The third-order valence-corrected chi connectivity index (χ3v) is 9.04. The highest BCUT2D eigenvalue weighted by molar-refractivity contribution is 9.10. The van der Waals surface area contributed by atoms with E-state index >= 15 is 0 Å². The van der Waals surface area contributed by atoms with Crippen LogP contribution in [0.2, 0.25) is 5.02 Å². The van der Waals surface area contributed by atoms with Crippen LogP contribution in [-0.4, -0.2) is 38.9 Å². The van der Waals surface area contributed by atoms with Crippen molar-refractivity contribution in [3.05, 3.63) is 56.0 Å². The maximum Gasteiger partial charge on any atom is 0.243 e. The topological polar surface area (TPSA) is 40.6 Å². The average molecular weight is 472 g/mol. The molecule has 1 heterocycles. The lowest BCUT2D eigenvalue weighted by Crippen LogP contribution is -2.49. The molecule has 2 aromatic carbocycles. The van der Waals surface area contributed by atoms with E-state index in [1.165, 1.54) is 0 Å². The fourth-order valence-corrected chi connectivity index (χ4v) is 6.25. The monoisotopic (exact) mass is 470 g/mol. The molecule has 0 radical (unpaired) electrons. The summed E-state index contributed by atoms with van der Waals surface area (Å²) in [6.07, 6.45) is 0. The quantitative estimate of drug-likeness (QED) is 0.643. The maximum atomic E-state index is 13.3. The molecular weight excluding hydrogens is 448 g/mol. The molecule has 2 aromatic rings. The highest BCUT2D eigenvalue weighted by Gasteiger charge is 2.32. The van der Waals surface area contributed by atoms with Gasteiger partial charge in [0.1, 0.15) is 0 Å². The van der Waals surface area contributed by atoms with E-state index < -0.39 is 10.0 Å². The van der Waals surface area contributed by atoms with Gasteiger partial charge in [0.15, 0.2) is 0 Å². The molecule has 4 nitrogen and oxygen atoms in total. The number of aryl methyl sites for hydroxylation is 2. The number of hydrogen-bond acceptors (Lipinski definition) is 3. The van der Waals surface area contributed by atoms with Crippen molar-refractivity contribution in [2.45, 2.75) is 32.6 Å². The number of anilines is 1. The van der Waals surface area contributed by atoms with Crippen LogP contribution in [0.4, 0.5) is 5.69 Å². The van der Waals surface area contributed by atoms with E-state index in [0.29, 0.717) is 31.1 Å². The molecule has 1 saturated heterocycles. The Hall–Kier alpha value is -1.08. The smallest absolute Gasteiger partial charge is 0.243 e. The van der Waals surface area contributed by atoms with Gasteiger partial charge in [0.2, 0.25) is 10.0 Å². The molecule has 0 N–H and O–H groups in total. The number of nitrogens with zero attached hydrogens (tertiary/aromatic N) is 2. The molecule has 0 atom stereocenters. The number of rotatable bonds is 3. The first kappa shape index (κ1) is 20.6. The van der Waals surface area contributed by atoms with Gasteiger partial charge in [0.25, 0.3) is 0 Å². The second kappa shape index (κ2) is 7.74. The lowest BCUT2D eigenvalue weighted by atomic mass is 10.1. The molecule has 0 saturated carbocycles. The molecule has 0 bridgehead atoms. The first-order valence-electron chi connectivity index (χ1n) is 8.91. The SMILES string of the molecule is Cc1cc(C)c(S(=O)(=O)N2CCN(c3cccc(Cl)c3C)CC2)c(C)c1Br. The van der Waals surface area contributed by atoms with Crippen molar-refractivity contribution in [1.29, 1.82) is 0 Å². The van der Waals surface area contributed by atoms with Crippen LogP contribution in [0.15, 0.2) is 33.6 Å². The molecule has 0 unspecified atom stereocenters. The van der Waals surface area contributed by atoms with Crippen LogP contribution in [0, 0.1) is 27.7 Å². The molecular formula is C20H24BrClN2O2S. The summed E-state index contributed by atoms with van der Waals surface area (Å²) < 4.78 is 29.1. The minimum atomic E-state index is -3.54. The lowest BCUT2D eigenvalue weighted by Gasteiger charge is -2.36. The third-order valence-electron chi connectivity index (χ3n) is 5.22. The molecule has 1 aliphatic heterocycles. The van der Waals surface area contributed by atoms with Gasteiger partial charge in [-0.1, -0.05) is 39.7 Å². The van der Waals surface area contributed by atoms with Crippen LogP contribution in [0.25, 0.3) is 0 Å². The Balaban J connectivity index is 1.86. The van der Waals surface area contributed by atoms with E-state index in [0.717, 1.165) is 37.4 Å². The van der Waals surface area contributed by atoms with Crippen molar-refractivity contribution >= 4 is 43.2 Å². The maximum absolute atomic E-state index is 13.3. The van der Waals surface area contributed by atoms with Gasteiger partial charge in [0, 0.05) is 41.4 Å². The molecule has 7 heteroatoms. The van der Waals surface area contributed by atoms with E-state index in [1.807, 2.05) is 52.0 Å².